The molecular weight excluding hydrogens is 1040 g/mol. The zero-order chi connectivity index (χ0) is 56.4. The first kappa shape index (κ1) is 62.5. The van der Waals surface area contributed by atoms with Gasteiger partial charge in [-0.3, -0.25) is 9.59 Å². The third-order valence-electron chi connectivity index (χ3n) is 21.3. The average Bonchev–Trinajstić information content (AvgIpc) is 3.34. The van der Waals surface area contributed by atoms with Crippen molar-refractivity contribution < 1.29 is 143 Å². The fourth-order valence-corrected chi connectivity index (χ4v) is 16.5. The molecule has 23 nitrogen and oxygen atoms in total. The van der Waals surface area contributed by atoms with Gasteiger partial charge >= 0.3 is 41.5 Å². The zero-order valence-corrected chi connectivity index (χ0v) is 48.4. The number of hydrogen-bond donors (Lipinski definition) is 10. The monoisotopic (exact) mass is 1120 g/mol. The van der Waals surface area contributed by atoms with Crippen molar-refractivity contribution in [1.82, 2.24) is 0 Å². The molecule has 0 spiro atoms. The van der Waals surface area contributed by atoms with Crippen molar-refractivity contribution in [2.75, 3.05) is 26.4 Å². The zero-order valence-electron chi connectivity index (χ0n) is 46.4. The maximum absolute atomic E-state index is 13.6. The molecule has 4 aliphatic heterocycles. The Morgan fingerprint density at radius 2 is 1.44 bits per heavy atom. The van der Waals surface area contributed by atoms with Crippen LogP contribution in [0.4, 0.5) is 0 Å². The number of ether oxygens (including phenoxy) is 9. The molecule has 78 heavy (non-hydrogen) atoms. The summed E-state index contributed by atoms with van der Waals surface area (Å²) in [7, 11) is 0. The van der Waals surface area contributed by atoms with Crippen LogP contribution in [0.2, 0.25) is 0 Å². The van der Waals surface area contributed by atoms with E-state index in [1.165, 1.54) is 12.5 Å². The number of carbonyl (C=O) groups excluding carboxylic acids is 3. The summed E-state index contributed by atoms with van der Waals surface area (Å²) in [4.78, 5) is 38.3. The molecule has 10 N–H and O–H groups in total. The van der Waals surface area contributed by atoms with E-state index in [4.69, 9.17) is 42.6 Å². The van der Waals surface area contributed by atoms with Crippen molar-refractivity contribution in [2.45, 2.75) is 224 Å². The number of aliphatic hydroxyl groups is 10. The van der Waals surface area contributed by atoms with E-state index < -0.39 is 187 Å². The van der Waals surface area contributed by atoms with Crippen molar-refractivity contribution in [3.63, 3.8) is 0 Å². The predicted octanol–water partition coefficient (Wildman–Crippen LogP) is -4.92. The van der Waals surface area contributed by atoms with Gasteiger partial charge in [-0.15, -0.1) is 0 Å². The Hall–Kier alpha value is -1.53. The Morgan fingerprint density at radius 3 is 2.08 bits per heavy atom. The molecule has 438 valence electrons. The van der Waals surface area contributed by atoms with Gasteiger partial charge in [-0.2, -0.15) is 0 Å². The van der Waals surface area contributed by atoms with Gasteiger partial charge in [-0.1, -0.05) is 53.2 Å². The third kappa shape index (κ3) is 9.81. The topological polar surface area (TPSA) is 360 Å². The molecule has 5 aliphatic carbocycles. The summed E-state index contributed by atoms with van der Waals surface area (Å²) in [6.07, 6.45) is -23.3. The maximum atomic E-state index is 13.6. The van der Waals surface area contributed by atoms with E-state index in [0.29, 0.717) is 44.9 Å². The molecule has 4 saturated carbocycles. The van der Waals surface area contributed by atoms with E-state index >= 15 is 0 Å². The number of rotatable bonds is 14. The maximum Gasteiger partial charge on any atom is 1.00 e. The fraction of sp³-hybridized carbons (Fsp3) is 0.907. The number of aliphatic carboxylic acids is 1. The minimum atomic E-state index is -2.20. The number of carbonyl (C=O) groups is 3. The molecule has 8 fully saturated rings. The second-order valence-corrected chi connectivity index (χ2v) is 25.8. The second kappa shape index (κ2) is 22.5. The van der Waals surface area contributed by atoms with Crippen LogP contribution in [-0.2, 0) is 57.0 Å². The van der Waals surface area contributed by atoms with Crippen molar-refractivity contribution >= 4 is 17.9 Å². The SMILES string of the molecule is CC(=O)OC(C)C(C)C(=O)OC[C@@]12[C@H]3C[C@]4(C)C(=CC[C@@H]5[C@@]6(C)CC[C@H](O[C@@H]7O[C@H](C(=O)[O-])[C@@H](O[C@H]8O[C@H](CO)[C@@H](O)[C@H](O)[C@H]8O)[C@H](O)[C@H]7O[C@@H]7OC[C@@H](O)[C@H](O)[C@H]7O)[C@](C)(CO)[C@@H]6CC[C@]54C)[C@@H]1CC(C)(C)[C@H](O3)[C@@H]2O.[Na+]. The van der Waals surface area contributed by atoms with Gasteiger partial charge in [-0.25, -0.2) is 0 Å². The van der Waals surface area contributed by atoms with E-state index in [-0.39, 0.29) is 59.3 Å². The number of carboxylic acid groups (broad SMARTS) is 1. The second-order valence-electron chi connectivity index (χ2n) is 25.8. The first-order chi connectivity index (χ1) is 36.0. The van der Waals surface area contributed by atoms with Crippen LogP contribution in [0.5, 0.6) is 0 Å². The van der Waals surface area contributed by atoms with Gasteiger partial charge in [0.25, 0.3) is 0 Å². The Labute approximate surface area is 476 Å². The molecule has 24 heteroatoms. The molecule has 0 amide bonds. The molecule has 0 aromatic rings. The van der Waals surface area contributed by atoms with Crippen LogP contribution in [0.1, 0.15) is 107 Å². The smallest absolute Gasteiger partial charge is 0.547 e. The largest absolute Gasteiger partial charge is 1.00 e. The summed E-state index contributed by atoms with van der Waals surface area (Å²) in [5.74, 6) is -4.10. The Morgan fingerprint density at radius 1 is 0.769 bits per heavy atom. The minimum Gasteiger partial charge on any atom is -0.547 e. The van der Waals surface area contributed by atoms with Crippen molar-refractivity contribution in [3.05, 3.63) is 11.6 Å². The van der Waals surface area contributed by atoms with E-state index in [1.807, 2.05) is 6.92 Å². The number of aliphatic hydroxyl groups excluding tert-OH is 10. The third-order valence-corrected chi connectivity index (χ3v) is 21.3. The molecule has 9 aliphatic rings. The summed E-state index contributed by atoms with van der Waals surface area (Å²) in [6, 6.07) is 0. The minimum absolute atomic E-state index is 0. The molecule has 0 aromatic heterocycles. The standard InChI is InChI=1S/C54H84O23.Na/c1-22(23(2)71-24(3)57)45(68)70-21-54-26-16-49(4,5)43(42(54)65)73-32(54)17-53(9)25(26)10-11-30-50(6)14-13-31(51(7,20-56)29(50)12-15-52(30,53)8)74-48-40(76-46-36(62)33(59)27(58)19-69-46)38(64)39(41(77-48)44(66)67)75-47-37(63)35(61)34(60)28(18-55)72-47;/h10,22-23,26-43,46-48,55-56,58-65H,11-21H2,1-9H3,(H,66,67);/q;+1/p-1/t22?,23?,26-,27+,28+,29+,30+,31-,32+,33-,34+,35-,36+,37+,38-,39-,40+,41-,42-,43+,46-,47+,48+,50-,51+,52+,53+,54-;/m0./s1. The molecule has 2 bridgehead atoms. The van der Waals surface area contributed by atoms with Crippen LogP contribution in [-0.4, -0.2) is 212 Å². The van der Waals surface area contributed by atoms with Gasteiger partial charge in [0.2, 0.25) is 0 Å². The first-order valence-electron chi connectivity index (χ1n) is 27.4. The van der Waals surface area contributed by atoms with E-state index in [9.17, 15) is 70.6 Å². The summed E-state index contributed by atoms with van der Waals surface area (Å²) in [5.41, 5.74) is -2.45. The van der Waals surface area contributed by atoms with Gasteiger partial charge in [0.05, 0.1) is 61.5 Å². The summed E-state index contributed by atoms with van der Waals surface area (Å²) in [6.45, 7) is 15.8. The average molecular weight is 1120 g/mol. The van der Waals surface area contributed by atoms with Gasteiger partial charge in [0.15, 0.2) is 18.9 Å². The van der Waals surface area contributed by atoms with Crippen LogP contribution >= 0.6 is 0 Å². The van der Waals surface area contributed by atoms with E-state index in [2.05, 4.69) is 40.7 Å². The molecule has 0 aromatic carbocycles. The number of allylic oxidation sites excluding steroid dienone is 2. The molecular formula is C54H83NaO23. The van der Waals surface area contributed by atoms with Crippen LogP contribution in [0.15, 0.2) is 11.6 Å². The Balaban J connectivity index is 0.00000803. The summed E-state index contributed by atoms with van der Waals surface area (Å²) < 4.78 is 54.1. The molecule has 4 saturated heterocycles. The molecule has 9 rings (SSSR count). The normalized spacial score (nSPS) is 51.0. The first-order valence-corrected chi connectivity index (χ1v) is 27.4. The fourth-order valence-electron chi connectivity index (χ4n) is 16.5. The number of hydrogen-bond acceptors (Lipinski definition) is 23. The van der Waals surface area contributed by atoms with Gasteiger partial charge < -0.3 is 104 Å². The summed E-state index contributed by atoms with van der Waals surface area (Å²) in [5, 5.41) is 123. The molecule has 0 radical (unpaired) electrons. The van der Waals surface area contributed by atoms with Gasteiger partial charge in [-0.05, 0) is 98.2 Å². The quantitative estimate of drug-likeness (QED) is 0.0337. The number of fused-ring (bicyclic) bond motifs is 7. The van der Waals surface area contributed by atoms with Gasteiger partial charge in [0, 0.05) is 12.3 Å². The molecule has 4 heterocycles. The van der Waals surface area contributed by atoms with Crippen LogP contribution in [0.25, 0.3) is 0 Å². The predicted molar refractivity (Wildman–Crippen MR) is 258 cm³/mol. The van der Waals surface area contributed by atoms with Crippen LogP contribution in [0, 0.1) is 56.2 Å². The molecule has 28 atom stereocenters. The van der Waals surface area contributed by atoms with Gasteiger partial charge in [0.1, 0.15) is 79.9 Å². The van der Waals surface area contributed by atoms with Crippen LogP contribution in [0.3, 0.4) is 0 Å². The van der Waals surface area contributed by atoms with E-state index in [1.54, 1.807) is 13.8 Å². The van der Waals surface area contributed by atoms with Crippen molar-refractivity contribution in [1.29, 1.82) is 0 Å². The number of carboxylic acids is 1. The molecule has 2 unspecified atom stereocenters. The number of esters is 2. The van der Waals surface area contributed by atoms with Crippen LogP contribution < -0.4 is 34.7 Å². The Bertz CT molecular complexity index is 2240. The van der Waals surface area contributed by atoms with Crippen molar-refractivity contribution in [2.24, 2.45) is 56.2 Å². The van der Waals surface area contributed by atoms with E-state index in [0.717, 1.165) is 0 Å². The Kier molecular flexibility index (Phi) is 18.0. The van der Waals surface area contributed by atoms with Crippen molar-refractivity contribution in [3.8, 4) is 0 Å². The summed E-state index contributed by atoms with van der Waals surface area (Å²) >= 11 is 0.